The molecular formula is C13H16N2O3. The number of benzene rings is 1. The number of carboxylic acids is 1. The lowest BCUT2D eigenvalue weighted by Gasteiger charge is -2.32. The normalized spacial score (nSPS) is 16.6. The van der Waals surface area contributed by atoms with E-state index in [1.165, 1.54) is 0 Å². The molecule has 3 N–H and O–H groups in total. The van der Waals surface area contributed by atoms with E-state index in [9.17, 15) is 9.59 Å². The maximum absolute atomic E-state index is 11.1. The summed E-state index contributed by atoms with van der Waals surface area (Å²) in [6, 6.07) is 6.79. The Morgan fingerprint density at radius 3 is 2.17 bits per heavy atom. The number of nitrogens with two attached hydrogens (primary N) is 1. The molecule has 1 aliphatic rings. The van der Waals surface area contributed by atoms with E-state index in [-0.39, 0.29) is 17.4 Å². The Morgan fingerprint density at radius 2 is 1.72 bits per heavy atom. The molecule has 96 valence electrons. The lowest BCUT2D eigenvalue weighted by Crippen LogP contribution is -2.38. The Balaban J connectivity index is 2.01. The lowest BCUT2D eigenvalue weighted by atomic mass is 9.96. The van der Waals surface area contributed by atoms with Gasteiger partial charge >= 0.3 is 5.97 Å². The SMILES string of the molecule is NC(=O)C1CCN(c2ccc(C(=O)O)cc2)CC1. The Morgan fingerprint density at radius 1 is 1.17 bits per heavy atom. The van der Waals surface area contributed by atoms with Crippen molar-refractivity contribution in [2.75, 3.05) is 18.0 Å². The smallest absolute Gasteiger partial charge is 0.335 e. The number of primary amides is 1. The Kier molecular flexibility index (Phi) is 3.50. The summed E-state index contributed by atoms with van der Waals surface area (Å²) < 4.78 is 0. The van der Waals surface area contributed by atoms with Gasteiger partial charge < -0.3 is 15.7 Å². The summed E-state index contributed by atoms with van der Waals surface area (Å²) in [5.74, 6) is -1.18. The molecule has 0 aromatic heterocycles. The number of anilines is 1. The van der Waals surface area contributed by atoms with Crippen LogP contribution in [0.15, 0.2) is 24.3 Å². The van der Waals surface area contributed by atoms with Crippen LogP contribution in [0, 0.1) is 5.92 Å². The van der Waals surface area contributed by atoms with Crippen LogP contribution in [0.3, 0.4) is 0 Å². The number of amides is 1. The van der Waals surface area contributed by atoms with Crippen molar-refractivity contribution in [1.29, 1.82) is 0 Å². The summed E-state index contributed by atoms with van der Waals surface area (Å²) in [6.07, 6.45) is 1.52. The summed E-state index contributed by atoms with van der Waals surface area (Å²) in [7, 11) is 0. The van der Waals surface area contributed by atoms with Crippen LogP contribution in [0.1, 0.15) is 23.2 Å². The zero-order valence-corrected chi connectivity index (χ0v) is 10.0. The lowest BCUT2D eigenvalue weighted by molar-refractivity contribution is -0.122. The molecule has 1 heterocycles. The topological polar surface area (TPSA) is 83.6 Å². The largest absolute Gasteiger partial charge is 0.478 e. The van der Waals surface area contributed by atoms with Crippen molar-refractivity contribution in [1.82, 2.24) is 0 Å². The van der Waals surface area contributed by atoms with Crippen molar-refractivity contribution < 1.29 is 14.7 Å². The predicted octanol–water partition coefficient (Wildman–Crippen LogP) is 1.09. The average molecular weight is 248 g/mol. The molecule has 0 unspecified atom stereocenters. The first-order valence-corrected chi connectivity index (χ1v) is 5.95. The van der Waals surface area contributed by atoms with Gasteiger partial charge in [0.15, 0.2) is 0 Å². The third-order valence-electron chi connectivity index (χ3n) is 3.38. The first-order valence-electron chi connectivity index (χ1n) is 5.95. The highest BCUT2D eigenvalue weighted by Gasteiger charge is 2.23. The van der Waals surface area contributed by atoms with Gasteiger partial charge in [-0.05, 0) is 37.1 Å². The van der Waals surface area contributed by atoms with Crippen LogP contribution >= 0.6 is 0 Å². The van der Waals surface area contributed by atoms with Crippen molar-refractivity contribution in [3.05, 3.63) is 29.8 Å². The van der Waals surface area contributed by atoms with Crippen molar-refractivity contribution in [2.24, 2.45) is 11.7 Å². The van der Waals surface area contributed by atoms with E-state index in [0.29, 0.717) is 0 Å². The summed E-state index contributed by atoms with van der Waals surface area (Å²) in [5, 5.41) is 8.82. The molecule has 18 heavy (non-hydrogen) atoms. The monoisotopic (exact) mass is 248 g/mol. The van der Waals surface area contributed by atoms with Crippen LogP contribution in [0.4, 0.5) is 5.69 Å². The molecule has 1 fully saturated rings. The standard InChI is InChI=1S/C13H16N2O3/c14-12(16)9-5-7-15(8-6-9)11-3-1-10(2-4-11)13(17)18/h1-4,9H,5-8H2,(H2,14,16)(H,17,18). The number of rotatable bonds is 3. The maximum atomic E-state index is 11.1. The van der Waals surface area contributed by atoms with Gasteiger partial charge in [-0.2, -0.15) is 0 Å². The van der Waals surface area contributed by atoms with Crippen molar-refractivity contribution in [2.45, 2.75) is 12.8 Å². The number of nitrogens with zero attached hydrogens (tertiary/aromatic N) is 1. The molecule has 5 nitrogen and oxygen atoms in total. The minimum atomic E-state index is -0.922. The van der Waals surface area contributed by atoms with Gasteiger partial charge in [-0.1, -0.05) is 0 Å². The summed E-state index contributed by atoms with van der Waals surface area (Å²) in [5.41, 5.74) is 6.55. The van der Waals surface area contributed by atoms with Gasteiger partial charge in [-0.25, -0.2) is 4.79 Å². The molecule has 2 rings (SSSR count). The third-order valence-corrected chi connectivity index (χ3v) is 3.38. The number of carboxylic acid groups (broad SMARTS) is 1. The van der Waals surface area contributed by atoms with Gasteiger partial charge in [0.1, 0.15) is 0 Å². The Hall–Kier alpha value is -2.04. The molecule has 1 aliphatic heterocycles. The van der Waals surface area contributed by atoms with Crippen LogP contribution in [0.25, 0.3) is 0 Å². The summed E-state index contributed by atoms with van der Waals surface area (Å²) in [4.78, 5) is 23.9. The number of aromatic carboxylic acids is 1. The predicted molar refractivity (Wildman–Crippen MR) is 67.5 cm³/mol. The molecule has 0 saturated carbocycles. The molecule has 1 aromatic rings. The highest BCUT2D eigenvalue weighted by Crippen LogP contribution is 2.23. The van der Waals surface area contributed by atoms with E-state index in [2.05, 4.69) is 4.90 Å². The number of hydrogen-bond acceptors (Lipinski definition) is 3. The Bertz CT molecular complexity index is 448. The van der Waals surface area contributed by atoms with Crippen LogP contribution in [-0.4, -0.2) is 30.1 Å². The second-order valence-electron chi connectivity index (χ2n) is 4.52. The molecule has 1 aromatic carbocycles. The van der Waals surface area contributed by atoms with Crippen LogP contribution < -0.4 is 10.6 Å². The van der Waals surface area contributed by atoms with Crippen LogP contribution in [0.2, 0.25) is 0 Å². The highest BCUT2D eigenvalue weighted by molar-refractivity contribution is 5.88. The number of carbonyl (C=O) groups is 2. The van der Waals surface area contributed by atoms with E-state index in [4.69, 9.17) is 10.8 Å². The third kappa shape index (κ3) is 2.61. The van der Waals surface area contributed by atoms with Crippen molar-refractivity contribution in [3.8, 4) is 0 Å². The number of carbonyl (C=O) groups excluding carboxylic acids is 1. The van der Waals surface area contributed by atoms with Gasteiger partial charge in [-0.15, -0.1) is 0 Å². The second kappa shape index (κ2) is 5.08. The molecule has 0 atom stereocenters. The molecule has 0 aliphatic carbocycles. The zero-order valence-electron chi connectivity index (χ0n) is 10.0. The van der Waals surface area contributed by atoms with E-state index in [1.807, 2.05) is 0 Å². The Labute approximate surface area is 105 Å². The first-order chi connectivity index (χ1) is 8.58. The fourth-order valence-corrected chi connectivity index (χ4v) is 2.24. The summed E-state index contributed by atoms with van der Waals surface area (Å²) in [6.45, 7) is 1.56. The minimum absolute atomic E-state index is 0.0282. The quantitative estimate of drug-likeness (QED) is 0.838. The van der Waals surface area contributed by atoms with Crippen molar-refractivity contribution >= 4 is 17.6 Å². The molecule has 1 saturated heterocycles. The van der Waals surface area contributed by atoms with Gasteiger partial charge in [-0.3, -0.25) is 4.79 Å². The maximum Gasteiger partial charge on any atom is 0.335 e. The zero-order chi connectivity index (χ0) is 13.1. The second-order valence-corrected chi connectivity index (χ2v) is 4.52. The van der Waals surface area contributed by atoms with E-state index in [1.54, 1.807) is 24.3 Å². The molecule has 0 radical (unpaired) electrons. The minimum Gasteiger partial charge on any atom is -0.478 e. The molecule has 1 amide bonds. The molecule has 0 spiro atoms. The average Bonchev–Trinajstić information content (AvgIpc) is 2.39. The van der Waals surface area contributed by atoms with E-state index < -0.39 is 5.97 Å². The van der Waals surface area contributed by atoms with E-state index in [0.717, 1.165) is 31.6 Å². The first kappa shape index (κ1) is 12.4. The fraction of sp³-hybridized carbons (Fsp3) is 0.385. The van der Waals surface area contributed by atoms with Gasteiger partial charge in [0.05, 0.1) is 5.56 Å². The van der Waals surface area contributed by atoms with Gasteiger partial charge in [0.25, 0.3) is 0 Å². The molecule has 5 heteroatoms. The van der Waals surface area contributed by atoms with Gasteiger partial charge in [0.2, 0.25) is 5.91 Å². The van der Waals surface area contributed by atoms with Gasteiger partial charge in [0, 0.05) is 24.7 Å². The highest BCUT2D eigenvalue weighted by atomic mass is 16.4. The number of piperidine rings is 1. The fourth-order valence-electron chi connectivity index (χ4n) is 2.24. The molecule has 0 bridgehead atoms. The summed E-state index contributed by atoms with van der Waals surface area (Å²) >= 11 is 0. The van der Waals surface area contributed by atoms with Crippen molar-refractivity contribution in [3.63, 3.8) is 0 Å². The van der Waals surface area contributed by atoms with E-state index >= 15 is 0 Å². The number of hydrogen-bond donors (Lipinski definition) is 2. The van der Waals surface area contributed by atoms with Crippen LogP contribution in [0.5, 0.6) is 0 Å². The van der Waals surface area contributed by atoms with Crippen LogP contribution in [-0.2, 0) is 4.79 Å². The molecular weight excluding hydrogens is 232 g/mol.